The fourth-order valence-electron chi connectivity index (χ4n) is 2.09. The highest BCUT2D eigenvalue weighted by Crippen LogP contribution is 2.11. The van der Waals surface area contributed by atoms with Gasteiger partial charge in [0.25, 0.3) is 0 Å². The first-order chi connectivity index (χ1) is 11.1. The second-order valence-electron chi connectivity index (χ2n) is 5.51. The predicted molar refractivity (Wildman–Crippen MR) is 114 cm³/mol. The molecule has 24 heavy (non-hydrogen) atoms. The van der Waals surface area contributed by atoms with Crippen molar-refractivity contribution < 1.29 is 4.74 Å². The number of halogens is 2. The third kappa shape index (κ3) is 9.66. The van der Waals surface area contributed by atoms with Crippen LogP contribution in [-0.4, -0.2) is 69.8 Å². The van der Waals surface area contributed by atoms with E-state index < -0.39 is 0 Å². The number of rotatable bonds is 9. The lowest BCUT2D eigenvalue weighted by molar-refractivity contribution is 0.163. The van der Waals surface area contributed by atoms with Gasteiger partial charge in [-0.1, -0.05) is 23.7 Å². The fraction of sp³-hybridized carbons (Fsp3) is 0.588. The van der Waals surface area contributed by atoms with E-state index in [-0.39, 0.29) is 24.0 Å². The molecule has 1 rings (SSSR count). The van der Waals surface area contributed by atoms with Crippen molar-refractivity contribution in [1.29, 1.82) is 0 Å². The summed E-state index contributed by atoms with van der Waals surface area (Å²) in [4.78, 5) is 9.04. The van der Waals surface area contributed by atoms with Crippen molar-refractivity contribution in [2.75, 3.05) is 54.0 Å². The van der Waals surface area contributed by atoms with Crippen LogP contribution < -0.4 is 5.32 Å². The van der Waals surface area contributed by atoms with Gasteiger partial charge in [-0.3, -0.25) is 4.99 Å². The first-order valence-electron chi connectivity index (χ1n) is 7.98. The molecule has 7 heteroatoms. The molecule has 1 aromatic rings. The molecular weight excluding hydrogens is 439 g/mol. The highest BCUT2D eigenvalue weighted by Gasteiger charge is 2.06. The summed E-state index contributed by atoms with van der Waals surface area (Å²) >= 11 is 5.93. The maximum atomic E-state index is 5.93. The van der Waals surface area contributed by atoms with E-state index in [1.165, 1.54) is 5.56 Å². The lowest BCUT2D eigenvalue weighted by Gasteiger charge is -2.23. The molecule has 1 aromatic carbocycles. The number of benzene rings is 1. The van der Waals surface area contributed by atoms with E-state index in [1.807, 2.05) is 31.3 Å². The summed E-state index contributed by atoms with van der Waals surface area (Å²) in [7, 11) is 5.85. The lowest BCUT2D eigenvalue weighted by atomic mass is 10.2. The second kappa shape index (κ2) is 13.7. The smallest absolute Gasteiger partial charge is 0.194 e. The van der Waals surface area contributed by atoms with E-state index in [0.29, 0.717) is 0 Å². The maximum absolute atomic E-state index is 5.93. The van der Waals surface area contributed by atoms with Crippen molar-refractivity contribution >= 4 is 41.5 Å². The lowest BCUT2D eigenvalue weighted by Crippen LogP contribution is -2.39. The van der Waals surface area contributed by atoms with Crippen LogP contribution in [0.4, 0.5) is 0 Å². The van der Waals surface area contributed by atoms with Crippen LogP contribution >= 0.6 is 35.6 Å². The standard InChI is InChI=1S/C17H29ClN4O.HI/c1-5-19-17(20-10-11-21(2)12-13-23-4)22(3)14-15-6-8-16(18)9-7-15;/h6-9H,5,10-14H2,1-4H3,(H,19,20);1H. The Kier molecular flexibility index (Phi) is 13.4. The van der Waals surface area contributed by atoms with Crippen molar-refractivity contribution in [1.82, 2.24) is 15.1 Å². The Balaban J connectivity index is 0.00000529. The van der Waals surface area contributed by atoms with Gasteiger partial charge in [0.15, 0.2) is 5.96 Å². The average molecular weight is 469 g/mol. The Hall–Kier alpha value is -0.570. The van der Waals surface area contributed by atoms with Gasteiger partial charge in [0.05, 0.1) is 13.2 Å². The third-order valence-corrected chi connectivity index (χ3v) is 3.70. The highest BCUT2D eigenvalue weighted by atomic mass is 127. The van der Waals surface area contributed by atoms with Crippen LogP contribution in [0.2, 0.25) is 5.02 Å². The zero-order valence-corrected chi connectivity index (χ0v) is 18.2. The van der Waals surface area contributed by atoms with Crippen molar-refractivity contribution in [2.24, 2.45) is 4.99 Å². The van der Waals surface area contributed by atoms with Gasteiger partial charge in [-0.05, 0) is 31.7 Å². The SMILES string of the molecule is CCNC(=NCCN(C)CCOC)N(C)Cc1ccc(Cl)cc1.I. The van der Waals surface area contributed by atoms with Crippen LogP contribution in [0, 0.1) is 0 Å². The number of ether oxygens (including phenoxy) is 1. The first-order valence-corrected chi connectivity index (χ1v) is 8.36. The van der Waals surface area contributed by atoms with E-state index in [0.717, 1.165) is 50.3 Å². The van der Waals surface area contributed by atoms with E-state index in [9.17, 15) is 0 Å². The van der Waals surface area contributed by atoms with Gasteiger partial charge in [-0.15, -0.1) is 24.0 Å². The molecule has 1 N–H and O–H groups in total. The summed E-state index contributed by atoms with van der Waals surface area (Å²) < 4.78 is 5.08. The van der Waals surface area contributed by atoms with Crippen molar-refractivity contribution in [3.8, 4) is 0 Å². The van der Waals surface area contributed by atoms with Gasteiger partial charge >= 0.3 is 0 Å². The van der Waals surface area contributed by atoms with Crippen LogP contribution in [0.5, 0.6) is 0 Å². The number of hydrogen-bond donors (Lipinski definition) is 1. The monoisotopic (exact) mass is 468 g/mol. The van der Waals surface area contributed by atoms with E-state index in [2.05, 4.69) is 29.1 Å². The van der Waals surface area contributed by atoms with Gasteiger partial charge < -0.3 is 19.9 Å². The zero-order valence-electron chi connectivity index (χ0n) is 15.1. The van der Waals surface area contributed by atoms with Crippen molar-refractivity contribution in [3.63, 3.8) is 0 Å². The molecular formula is C17H30ClIN4O. The summed E-state index contributed by atoms with van der Waals surface area (Å²) in [6, 6.07) is 7.92. The van der Waals surface area contributed by atoms with E-state index in [4.69, 9.17) is 21.3 Å². The molecule has 138 valence electrons. The normalized spacial score (nSPS) is 11.3. The summed E-state index contributed by atoms with van der Waals surface area (Å²) in [6.45, 7) is 7.06. The van der Waals surface area contributed by atoms with E-state index in [1.54, 1.807) is 7.11 Å². The number of nitrogens with one attached hydrogen (secondary N) is 1. The van der Waals surface area contributed by atoms with Crippen LogP contribution in [0.1, 0.15) is 12.5 Å². The van der Waals surface area contributed by atoms with Crippen LogP contribution in [0.25, 0.3) is 0 Å². The fourth-order valence-corrected chi connectivity index (χ4v) is 2.22. The molecule has 0 aromatic heterocycles. The molecule has 0 heterocycles. The Bertz CT molecular complexity index is 470. The molecule has 0 unspecified atom stereocenters. The number of guanidine groups is 1. The second-order valence-corrected chi connectivity index (χ2v) is 5.95. The van der Waals surface area contributed by atoms with Gasteiger partial charge in [-0.2, -0.15) is 0 Å². The zero-order chi connectivity index (χ0) is 17.1. The molecule has 0 radical (unpaired) electrons. The average Bonchev–Trinajstić information content (AvgIpc) is 2.54. The summed E-state index contributed by atoms with van der Waals surface area (Å²) in [5, 5.41) is 4.10. The molecule has 0 saturated heterocycles. The summed E-state index contributed by atoms with van der Waals surface area (Å²) in [5.74, 6) is 0.919. The molecule has 5 nitrogen and oxygen atoms in total. The molecule has 0 aliphatic carbocycles. The molecule has 0 amide bonds. The van der Waals surface area contributed by atoms with Crippen LogP contribution in [0.15, 0.2) is 29.3 Å². The number of likely N-dealkylation sites (N-methyl/N-ethyl adjacent to an activating group) is 1. The minimum absolute atomic E-state index is 0. The minimum Gasteiger partial charge on any atom is -0.383 e. The van der Waals surface area contributed by atoms with Gasteiger partial charge in [0, 0.05) is 45.4 Å². The molecule has 0 fully saturated rings. The third-order valence-electron chi connectivity index (χ3n) is 3.45. The van der Waals surface area contributed by atoms with Gasteiger partial charge in [0.2, 0.25) is 0 Å². The number of nitrogens with zero attached hydrogens (tertiary/aromatic N) is 3. The predicted octanol–water partition coefficient (Wildman–Crippen LogP) is 2.93. The van der Waals surface area contributed by atoms with Crippen molar-refractivity contribution in [3.05, 3.63) is 34.9 Å². The Morgan fingerprint density at radius 3 is 2.46 bits per heavy atom. The molecule has 0 aliphatic rings. The van der Waals surface area contributed by atoms with Crippen LogP contribution in [-0.2, 0) is 11.3 Å². The van der Waals surface area contributed by atoms with Crippen molar-refractivity contribution in [2.45, 2.75) is 13.5 Å². The molecule has 0 bridgehead atoms. The molecule has 0 aliphatic heterocycles. The topological polar surface area (TPSA) is 40.1 Å². The Labute approximate surface area is 168 Å². The summed E-state index contributed by atoms with van der Waals surface area (Å²) in [5.41, 5.74) is 1.21. The number of methoxy groups -OCH3 is 1. The molecule has 0 spiro atoms. The van der Waals surface area contributed by atoms with Gasteiger partial charge in [0.1, 0.15) is 0 Å². The quantitative estimate of drug-likeness (QED) is 0.344. The minimum atomic E-state index is 0. The maximum Gasteiger partial charge on any atom is 0.194 e. The van der Waals surface area contributed by atoms with Gasteiger partial charge in [-0.25, -0.2) is 0 Å². The Morgan fingerprint density at radius 1 is 1.21 bits per heavy atom. The molecule has 0 saturated carbocycles. The first kappa shape index (κ1) is 23.4. The van der Waals surface area contributed by atoms with Crippen LogP contribution in [0.3, 0.4) is 0 Å². The molecule has 0 atom stereocenters. The highest BCUT2D eigenvalue weighted by molar-refractivity contribution is 14.0. The number of hydrogen-bond acceptors (Lipinski definition) is 3. The van der Waals surface area contributed by atoms with E-state index >= 15 is 0 Å². The largest absolute Gasteiger partial charge is 0.383 e. The number of aliphatic imine (C=N–C) groups is 1. The Morgan fingerprint density at radius 2 is 1.88 bits per heavy atom. The summed E-state index contributed by atoms with van der Waals surface area (Å²) in [6.07, 6.45) is 0.